The van der Waals surface area contributed by atoms with Crippen molar-refractivity contribution in [2.75, 3.05) is 20.3 Å². The molecule has 1 heterocycles. The molecule has 6 heteroatoms. The van der Waals surface area contributed by atoms with E-state index in [1.54, 1.807) is 18.0 Å². The zero-order valence-electron chi connectivity index (χ0n) is 12.3. The van der Waals surface area contributed by atoms with Gasteiger partial charge in [0.25, 0.3) is 0 Å². The van der Waals surface area contributed by atoms with E-state index in [0.29, 0.717) is 24.8 Å². The maximum absolute atomic E-state index is 6.36. The molecular formula is C15H20ClN3O2. The molecule has 1 atom stereocenters. The van der Waals surface area contributed by atoms with E-state index in [4.69, 9.17) is 26.8 Å². The lowest BCUT2D eigenvalue weighted by atomic mass is 10.0. The van der Waals surface area contributed by atoms with Crippen LogP contribution in [0.25, 0.3) is 0 Å². The molecule has 1 aromatic heterocycles. The maximum Gasteiger partial charge on any atom is 0.119 e. The van der Waals surface area contributed by atoms with Crippen LogP contribution in [0.1, 0.15) is 24.2 Å². The Morgan fingerprint density at radius 1 is 1.43 bits per heavy atom. The van der Waals surface area contributed by atoms with E-state index in [1.807, 2.05) is 31.2 Å². The Morgan fingerprint density at radius 2 is 2.24 bits per heavy atom. The number of hydrogen-bond donors (Lipinski definition) is 1. The average Bonchev–Trinajstić information content (AvgIpc) is 2.86. The lowest BCUT2D eigenvalue weighted by Crippen LogP contribution is -2.19. The van der Waals surface area contributed by atoms with Crippen molar-refractivity contribution in [1.29, 1.82) is 0 Å². The number of nitrogens with two attached hydrogens (primary N) is 1. The summed E-state index contributed by atoms with van der Waals surface area (Å²) < 4.78 is 12.4. The molecule has 0 aliphatic carbocycles. The van der Waals surface area contributed by atoms with E-state index < -0.39 is 0 Å². The highest BCUT2D eigenvalue weighted by atomic mass is 35.5. The molecule has 0 aliphatic rings. The van der Waals surface area contributed by atoms with Gasteiger partial charge in [-0.15, -0.1) is 0 Å². The third-order valence-electron chi connectivity index (χ3n) is 3.16. The van der Waals surface area contributed by atoms with Crippen molar-refractivity contribution in [3.05, 3.63) is 46.7 Å². The number of nitrogens with zero attached hydrogens (tertiary/aromatic N) is 2. The molecule has 5 nitrogen and oxygen atoms in total. The van der Waals surface area contributed by atoms with Gasteiger partial charge in [0.15, 0.2) is 0 Å². The Morgan fingerprint density at radius 3 is 2.95 bits per heavy atom. The van der Waals surface area contributed by atoms with Gasteiger partial charge in [0.2, 0.25) is 0 Å². The van der Waals surface area contributed by atoms with Crippen LogP contribution in [0.2, 0.25) is 5.02 Å². The van der Waals surface area contributed by atoms with Crippen molar-refractivity contribution in [2.45, 2.75) is 19.5 Å². The van der Waals surface area contributed by atoms with Crippen LogP contribution in [-0.2, 0) is 11.3 Å². The van der Waals surface area contributed by atoms with Crippen molar-refractivity contribution in [3.8, 4) is 5.75 Å². The summed E-state index contributed by atoms with van der Waals surface area (Å²) >= 11 is 6.23. The number of ether oxygens (including phenoxy) is 2. The maximum atomic E-state index is 6.36. The number of benzene rings is 1. The van der Waals surface area contributed by atoms with Crippen molar-refractivity contribution >= 4 is 11.6 Å². The Labute approximate surface area is 129 Å². The fraction of sp³-hybridized carbons (Fsp3) is 0.400. The van der Waals surface area contributed by atoms with Crippen LogP contribution in [0.5, 0.6) is 5.75 Å². The Balaban J connectivity index is 2.28. The second-order valence-electron chi connectivity index (χ2n) is 4.58. The first-order chi connectivity index (χ1) is 10.2. The van der Waals surface area contributed by atoms with Crippen LogP contribution in [0.15, 0.2) is 30.5 Å². The third-order valence-corrected chi connectivity index (χ3v) is 3.45. The Hall–Kier alpha value is -1.56. The smallest absolute Gasteiger partial charge is 0.119 e. The summed E-state index contributed by atoms with van der Waals surface area (Å²) in [6.45, 7) is 3.72. The molecular weight excluding hydrogens is 290 g/mol. The molecule has 0 bridgehead atoms. The number of aromatic nitrogens is 2. The highest BCUT2D eigenvalue weighted by Gasteiger charge is 2.19. The molecule has 0 spiro atoms. The first-order valence-corrected chi connectivity index (χ1v) is 7.23. The quantitative estimate of drug-likeness (QED) is 0.854. The molecule has 0 fully saturated rings. The molecule has 0 saturated carbocycles. The van der Waals surface area contributed by atoms with E-state index in [2.05, 4.69) is 5.10 Å². The van der Waals surface area contributed by atoms with Gasteiger partial charge >= 0.3 is 0 Å². The highest BCUT2D eigenvalue weighted by Crippen LogP contribution is 2.28. The largest absolute Gasteiger partial charge is 0.494 e. The topological polar surface area (TPSA) is 62.3 Å². The Kier molecular flexibility index (Phi) is 5.61. The van der Waals surface area contributed by atoms with Gasteiger partial charge in [0.1, 0.15) is 5.75 Å². The van der Waals surface area contributed by atoms with Crippen molar-refractivity contribution in [1.82, 2.24) is 9.78 Å². The molecule has 1 aromatic carbocycles. The van der Waals surface area contributed by atoms with Gasteiger partial charge in [0, 0.05) is 7.11 Å². The summed E-state index contributed by atoms with van der Waals surface area (Å²) in [4.78, 5) is 0. The SMILES string of the molecule is CCOc1cccc(C(N)c2c(Cl)cnn2CCOC)c1. The number of halogens is 1. The molecule has 0 aliphatic heterocycles. The predicted octanol–water partition coefficient (Wildman–Crippen LogP) is 2.63. The van der Waals surface area contributed by atoms with Crippen molar-refractivity contribution in [2.24, 2.45) is 5.73 Å². The number of methoxy groups -OCH3 is 1. The summed E-state index contributed by atoms with van der Waals surface area (Å²) in [5.41, 5.74) is 8.07. The molecule has 21 heavy (non-hydrogen) atoms. The van der Waals surface area contributed by atoms with Crippen molar-refractivity contribution < 1.29 is 9.47 Å². The lowest BCUT2D eigenvalue weighted by molar-refractivity contribution is 0.182. The average molecular weight is 310 g/mol. The van der Waals surface area contributed by atoms with Gasteiger partial charge in [-0.2, -0.15) is 5.10 Å². The normalized spacial score (nSPS) is 12.4. The van der Waals surface area contributed by atoms with Gasteiger partial charge in [-0.1, -0.05) is 23.7 Å². The predicted molar refractivity (Wildman–Crippen MR) is 82.8 cm³/mol. The summed E-state index contributed by atoms with van der Waals surface area (Å²) in [6.07, 6.45) is 1.61. The van der Waals surface area contributed by atoms with E-state index in [1.165, 1.54) is 0 Å². The second kappa shape index (κ2) is 7.45. The zero-order chi connectivity index (χ0) is 15.2. The highest BCUT2D eigenvalue weighted by molar-refractivity contribution is 6.31. The minimum Gasteiger partial charge on any atom is -0.494 e. The zero-order valence-corrected chi connectivity index (χ0v) is 13.0. The Bertz CT molecular complexity index is 586. The van der Waals surface area contributed by atoms with Gasteiger partial charge < -0.3 is 15.2 Å². The summed E-state index contributed by atoms with van der Waals surface area (Å²) in [6, 6.07) is 7.35. The molecule has 2 N–H and O–H groups in total. The van der Waals surface area contributed by atoms with Crippen LogP contribution in [-0.4, -0.2) is 30.1 Å². The standard InChI is InChI=1S/C15H20ClN3O2/c1-3-21-12-6-4-5-11(9-12)14(17)15-13(16)10-18-19(15)7-8-20-2/h4-6,9-10,14H,3,7-8,17H2,1-2H3. The molecule has 2 rings (SSSR count). The fourth-order valence-corrected chi connectivity index (χ4v) is 2.42. The molecule has 0 radical (unpaired) electrons. The van der Waals surface area contributed by atoms with Crippen LogP contribution in [0.4, 0.5) is 0 Å². The fourth-order valence-electron chi connectivity index (χ4n) is 2.16. The van der Waals surface area contributed by atoms with Crippen LogP contribution in [0, 0.1) is 0 Å². The molecule has 0 amide bonds. The summed E-state index contributed by atoms with van der Waals surface area (Å²) in [7, 11) is 1.65. The monoisotopic (exact) mass is 309 g/mol. The lowest BCUT2D eigenvalue weighted by Gasteiger charge is -2.16. The summed E-state index contributed by atoms with van der Waals surface area (Å²) in [5, 5.41) is 4.81. The van der Waals surface area contributed by atoms with Gasteiger partial charge in [0.05, 0.1) is 42.7 Å². The van der Waals surface area contributed by atoms with Crippen LogP contribution < -0.4 is 10.5 Å². The molecule has 1 unspecified atom stereocenters. The van der Waals surface area contributed by atoms with E-state index in [-0.39, 0.29) is 6.04 Å². The molecule has 2 aromatic rings. The first kappa shape index (κ1) is 15.8. The molecule has 114 valence electrons. The van der Waals surface area contributed by atoms with Gasteiger partial charge in [-0.25, -0.2) is 0 Å². The van der Waals surface area contributed by atoms with Crippen LogP contribution >= 0.6 is 11.6 Å². The van der Waals surface area contributed by atoms with Gasteiger partial charge in [-0.05, 0) is 24.6 Å². The number of rotatable bonds is 7. The first-order valence-electron chi connectivity index (χ1n) is 6.85. The molecule has 0 saturated heterocycles. The summed E-state index contributed by atoms with van der Waals surface area (Å²) in [5.74, 6) is 0.796. The minimum absolute atomic E-state index is 0.364. The van der Waals surface area contributed by atoms with Crippen LogP contribution in [0.3, 0.4) is 0 Å². The third kappa shape index (κ3) is 3.75. The van der Waals surface area contributed by atoms with Gasteiger partial charge in [-0.3, -0.25) is 4.68 Å². The van der Waals surface area contributed by atoms with E-state index in [0.717, 1.165) is 17.0 Å². The second-order valence-corrected chi connectivity index (χ2v) is 4.98. The van der Waals surface area contributed by atoms with E-state index >= 15 is 0 Å². The minimum atomic E-state index is -0.364. The van der Waals surface area contributed by atoms with Crippen molar-refractivity contribution in [3.63, 3.8) is 0 Å². The number of hydrogen-bond acceptors (Lipinski definition) is 4. The van der Waals surface area contributed by atoms with E-state index in [9.17, 15) is 0 Å².